The molecule has 0 fully saturated rings. The fraction of sp³-hybridized carbons (Fsp3) is 0.364. The van der Waals surface area contributed by atoms with E-state index in [2.05, 4.69) is 32.1 Å². The topological polar surface area (TPSA) is 3.01 Å². The van der Waals surface area contributed by atoms with Crippen LogP contribution in [0.3, 0.4) is 0 Å². The molecule has 1 rings (SSSR count). The third kappa shape index (κ3) is 12.2. The van der Waals surface area contributed by atoms with Gasteiger partial charge in [0.15, 0.2) is 6.21 Å². The third-order valence-corrected chi connectivity index (χ3v) is 4.26. The van der Waals surface area contributed by atoms with E-state index >= 15 is 0 Å². The molecule has 0 atom stereocenters. The summed E-state index contributed by atoms with van der Waals surface area (Å²) in [7, 11) is -1.96. The lowest BCUT2D eigenvalue weighted by atomic mass is 10.3. The molecule has 0 radical (unpaired) electrons. The van der Waals surface area contributed by atoms with Gasteiger partial charge in [-0.3, -0.25) is 0 Å². The van der Waals surface area contributed by atoms with Crippen molar-refractivity contribution in [2.45, 2.75) is 13.8 Å². The first kappa shape index (κ1) is 18.4. The van der Waals surface area contributed by atoms with Crippen LogP contribution in [0.4, 0.5) is 17.3 Å². The van der Waals surface area contributed by atoms with Gasteiger partial charge in [0.25, 0.3) is 0 Å². The Kier molecular flexibility index (Phi) is 8.25. The molecule has 0 aliphatic carbocycles. The van der Waals surface area contributed by atoms with Gasteiger partial charge in [-0.2, -0.15) is 0 Å². The minimum absolute atomic E-state index is 1.36. The molecule has 0 spiro atoms. The lowest BCUT2D eigenvalue weighted by Gasteiger charge is -1.94. The number of thioether (sulfide) groups is 2. The lowest BCUT2D eigenvalue weighted by molar-refractivity contribution is -0.458. The summed E-state index contributed by atoms with van der Waals surface area (Å²) in [6.45, 7) is 4.34. The number of halogens is 4. The number of hydrogen-bond acceptors (Lipinski definition) is 2. The molecule has 0 aromatic heterocycles. The first-order valence-corrected chi connectivity index (χ1v) is 7.01. The van der Waals surface area contributed by atoms with Crippen molar-refractivity contribution in [3.8, 4) is 0 Å². The van der Waals surface area contributed by atoms with Gasteiger partial charge in [-0.05, 0) is 29.7 Å². The SMILES string of the molecule is CC1=C(C)SC(=C/C=C/C=[N+](C)C)S1.F[B-](F)(F)F. The van der Waals surface area contributed by atoms with Crippen LogP contribution in [-0.4, -0.2) is 32.1 Å². The van der Waals surface area contributed by atoms with Crippen LogP contribution in [0.25, 0.3) is 0 Å². The molecule has 1 nitrogen and oxygen atoms in total. The van der Waals surface area contributed by atoms with Crippen molar-refractivity contribution >= 4 is 37.0 Å². The predicted molar refractivity (Wildman–Crippen MR) is 79.1 cm³/mol. The smallest absolute Gasteiger partial charge is 0.418 e. The summed E-state index contributed by atoms with van der Waals surface area (Å²) >= 11 is 3.71. The maximum atomic E-state index is 9.75. The number of hydrogen-bond donors (Lipinski definition) is 0. The zero-order valence-corrected chi connectivity index (χ0v) is 12.8. The van der Waals surface area contributed by atoms with Gasteiger partial charge in [0.2, 0.25) is 0 Å². The molecule has 8 heteroatoms. The first-order valence-electron chi connectivity index (χ1n) is 5.38. The quantitative estimate of drug-likeness (QED) is 0.313. The summed E-state index contributed by atoms with van der Waals surface area (Å²) in [6, 6.07) is 0. The maximum Gasteiger partial charge on any atom is 0.673 e. The molecule has 108 valence electrons. The molecule has 19 heavy (non-hydrogen) atoms. The highest BCUT2D eigenvalue weighted by atomic mass is 32.2. The van der Waals surface area contributed by atoms with Crippen LogP contribution in [0.1, 0.15) is 13.8 Å². The normalized spacial score (nSPS) is 15.5. The summed E-state index contributed by atoms with van der Waals surface area (Å²) in [5.41, 5.74) is 0. The number of allylic oxidation sites excluding steroid dienone is 5. The highest BCUT2D eigenvalue weighted by molar-refractivity contribution is 8.28. The Balaban J connectivity index is 0.000000555. The average Bonchev–Trinajstić information content (AvgIpc) is 2.51. The van der Waals surface area contributed by atoms with Crippen LogP contribution in [0, 0.1) is 0 Å². The van der Waals surface area contributed by atoms with Gasteiger partial charge in [0, 0.05) is 10.3 Å². The molecule has 0 aromatic rings. The molecule has 0 saturated heterocycles. The molecule has 1 heterocycles. The van der Waals surface area contributed by atoms with E-state index in [1.165, 1.54) is 14.0 Å². The molecule has 0 N–H and O–H groups in total. The summed E-state index contributed by atoms with van der Waals surface area (Å²) in [5.74, 6) is 0. The van der Waals surface area contributed by atoms with Crippen LogP contribution < -0.4 is 0 Å². The van der Waals surface area contributed by atoms with E-state index in [0.29, 0.717) is 0 Å². The second-order valence-corrected chi connectivity index (χ2v) is 6.57. The van der Waals surface area contributed by atoms with Crippen molar-refractivity contribution in [2.75, 3.05) is 14.1 Å². The van der Waals surface area contributed by atoms with Crippen LogP contribution in [0.5, 0.6) is 0 Å². The van der Waals surface area contributed by atoms with Crippen molar-refractivity contribution < 1.29 is 21.8 Å². The Bertz CT molecular complexity index is 399. The predicted octanol–water partition coefficient (Wildman–Crippen LogP) is 4.76. The molecule has 0 saturated carbocycles. The molecule has 0 bridgehead atoms. The summed E-state index contributed by atoms with van der Waals surface area (Å²) in [6.07, 6.45) is 8.34. The minimum Gasteiger partial charge on any atom is -0.418 e. The van der Waals surface area contributed by atoms with E-state index in [9.17, 15) is 17.3 Å². The van der Waals surface area contributed by atoms with Crippen molar-refractivity contribution in [2.24, 2.45) is 0 Å². The Morgan fingerprint density at radius 3 is 1.74 bits per heavy atom. The van der Waals surface area contributed by atoms with Crippen LogP contribution in [0.15, 0.2) is 32.3 Å². The molecule has 1 aliphatic heterocycles. The van der Waals surface area contributed by atoms with E-state index in [0.717, 1.165) is 0 Å². The maximum absolute atomic E-state index is 9.75. The Morgan fingerprint density at radius 1 is 0.947 bits per heavy atom. The third-order valence-electron chi connectivity index (χ3n) is 1.73. The lowest BCUT2D eigenvalue weighted by Crippen LogP contribution is -2.02. The molecular formula is C11H16BF4NS2. The van der Waals surface area contributed by atoms with Crippen molar-refractivity contribution in [1.82, 2.24) is 0 Å². The fourth-order valence-electron chi connectivity index (χ4n) is 0.890. The molecule has 1 aliphatic rings. The molecule has 0 unspecified atom stereocenters. The van der Waals surface area contributed by atoms with E-state index in [1.807, 2.05) is 48.4 Å². The highest BCUT2D eigenvalue weighted by Crippen LogP contribution is 2.48. The van der Waals surface area contributed by atoms with E-state index in [-0.39, 0.29) is 0 Å². The number of rotatable bonds is 2. The van der Waals surface area contributed by atoms with Crippen molar-refractivity contribution in [3.05, 3.63) is 32.3 Å². The largest absolute Gasteiger partial charge is 0.673 e. The van der Waals surface area contributed by atoms with Crippen LogP contribution >= 0.6 is 23.5 Å². The molecule has 0 amide bonds. The summed E-state index contributed by atoms with van der Waals surface area (Å²) < 4.78 is 42.4. The van der Waals surface area contributed by atoms with Gasteiger partial charge in [0.05, 0.1) is 0 Å². The number of nitrogens with zero attached hydrogens (tertiary/aromatic N) is 1. The van der Waals surface area contributed by atoms with Gasteiger partial charge in [-0.25, -0.2) is 4.58 Å². The van der Waals surface area contributed by atoms with Gasteiger partial charge in [-0.15, -0.1) is 0 Å². The van der Waals surface area contributed by atoms with Crippen molar-refractivity contribution in [3.63, 3.8) is 0 Å². The monoisotopic (exact) mass is 313 g/mol. The zero-order valence-electron chi connectivity index (χ0n) is 11.2. The molecular weight excluding hydrogens is 297 g/mol. The Labute approximate surface area is 119 Å². The van der Waals surface area contributed by atoms with E-state index < -0.39 is 7.25 Å². The minimum atomic E-state index is -6.00. The van der Waals surface area contributed by atoms with Gasteiger partial charge in [-0.1, -0.05) is 29.6 Å². The second kappa shape index (κ2) is 8.53. The van der Waals surface area contributed by atoms with Gasteiger partial charge < -0.3 is 17.3 Å². The average molecular weight is 313 g/mol. The van der Waals surface area contributed by atoms with E-state index in [4.69, 9.17) is 0 Å². The van der Waals surface area contributed by atoms with Crippen molar-refractivity contribution in [1.29, 1.82) is 0 Å². The van der Waals surface area contributed by atoms with Crippen LogP contribution in [-0.2, 0) is 0 Å². The zero-order chi connectivity index (χ0) is 15.1. The fourth-order valence-corrected chi connectivity index (χ4v) is 3.24. The van der Waals surface area contributed by atoms with Gasteiger partial charge >= 0.3 is 7.25 Å². The Hall–Kier alpha value is -0.625. The van der Waals surface area contributed by atoms with E-state index in [1.54, 1.807) is 0 Å². The second-order valence-electron chi connectivity index (χ2n) is 3.79. The Morgan fingerprint density at radius 2 is 1.37 bits per heavy atom. The first-order chi connectivity index (χ1) is 8.59. The van der Waals surface area contributed by atoms with Crippen LogP contribution in [0.2, 0.25) is 0 Å². The van der Waals surface area contributed by atoms with Gasteiger partial charge in [0.1, 0.15) is 14.1 Å². The summed E-state index contributed by atoms with van der Waals surface area (Å²) in [4.78, 5) is 2.84. The highest BCUT2D eigenvalue weighted by Gasteiger charge is 2.20. The molecule has 0 aromatic carbocycles. The summed E-state index contributed by atoms with van der Waals surface area (Å²) in [5, 5.41) is 0. The standard InChI is InChI=1S/C11H16NS2.BF4/c1-9-10(2)14-11(13-9)7-5-6-8-12(3)4;2-1(3,4)5/h5-8H,1-4H3;/q+1;-1/b6-5+;.